The lowest BCUT2D eigenvalue weighted by Crippen LogP contribution is -2.01. The number of carbonyl (C=O) groups excluding carboxylic acids is 1. The van der Waals surface area contributed by atoms with Gasteiger partial charge in [0.2, 0.25) is 0 Å². The van der Waals surface area contributed by atoms with Gasteiger partial charge in [-0.3, -0.25) is 4.79 Å². The third-order valence-electron chi connectivity index (χ3n) is 2.01. The average Bonchev–Trinajstić information content (AvgIpc) is 2.63. The Morgan fingerprint density at radius 3 is 2.73 bits per heavy atom. The fraction of sp³-hybridized carbons (Fsp3) is 0. The number of benzene rings is 1. The van der Waals surface area contributed by atoms with E-state index in [1.54, 1.807) is 24.3 Å². The topological polar surface area (TPSA) is 43.1 Å². The largest absolute Gasteiger partial charge is 0.399 e. The molecule has 0 aliphatic rings. The first-order chi connectivity index (χ1) is 7.18. The number of halogens is 1. The first kappa shape index (κ1) is 10.4. The number of nitrogen functional groups attached to an aromatic ring is 1. The maximum absolute atomic E-state index is 12.0. The summed E-state index contributed by atoms with van der Waals surface area (Å²) < 4.78 is 0.833. The van der Waals surface area contributed by atoms with E-state index in [-0.39, 0.29) is 5.78 Å². The van der Waals surface area contributed by atoms with Gasteiger partial charge in [0.1, 0.15) is 0 Å². The summed E-state index contributed by atoms with van der Waals surface area (Å²) in [5.74, 6) is -0.00424. The fourth-order valence-corrected chi connectivity index (χ4v) is 2.73. The van der Waals surface area contributed by atoms with Gasteiger partial charge in [0, 0.05) is 32.0 Å². The van der Waals surface area contributed by atoms with Crippen LogP contribution in [0.15, 0.2) is 39.5 Å². The quantitative estimate of drug-likeness (QED) is 0.678. The van der Waals surface area contributed by atoms with Crippen LogP contribution in [-0.4, -0.2) is 5.78 Å². The summed E-state index contributed by atoms with van der Waals surface area (Å²) in [5, 5.41) is 3.72. The minimum Gasteiger partial charge on any atom is -0.399 e. The molecule has 2 N–H and O–H groups in total. The van der Waals surface area contributed by atoms with Gasteiger partial charge in [-0.2, -0.15) is 11.3 Å². The van der Waals surface area contributed by atoms with Crippen LogP contribution in [0.25, 0.3) is 0 Å². The van der Waals surface area contributed by atoms with Gasteiger partial charge in [0.15, 0.2) is 5.78 Å². The highest BCUT2D eigenvalue weighted by Gasteiger charge is 2.13. The van der Waals surface area contributed by atoms with Gasteiger partial charge in [-0.15, -0.1) is 0 Å². The third kappa shape index (κ3) is 2.11. The SMILES string of the molecule is Nc1cccc(C(=O)c2cscc2Br)c1. The van der Waals surface area contributed by atoms with Crippen LogP contribution >= 0.6 is 27.3 Å². The molecule has 0 saturated heterocycles. The minimum absolute atomic E-state index is 0.00424. The molecule has 2 rings (SSSR count). The van der Waals surface area contributed by atoms with Gasteiger partial charge in [-0.05, 0) is 28.1 Å². The summed E-state index contributed by atoms with van der Waals surface area (Å²) >= 11 is 4.84. The summed E-state index contributed by atoms with van der Waals surface area (Å²) in [4.78, 5) is 12.0. The second kappa shape index (κ2) is 4.16. The Labute approximate surface area is 99.9 Å². The third-order valence-corrected chi connectivity index (χ3v) is 3.71. The number of hydrogen-bond donors (Lipinski definition) is 1. The van der Waals surface area contributed by atoms with Crippen LogP contribution in [0.1, 0.15) is 15.9 Å². The maximum Gasteiger partial charge on any atom is 0.195 e. The number of nitrogens with two attached hydrogens (primary N) is 1. The van der Waals surface area contributed by atoms with Crippen LogP contribution < -0.4 is 5.73 Å². The molecule has 0 aliphatic carbocycles. The lowest BCUT2D eigenvalue weighted by atomic mass is 10.1. The van der Waals surface area contributed by atoms with Crippen molar-refractivity contribution in [1.82, 2.24) is 0 Å². The van der Waals surface area contributed by atoms with Crippen LogP contribution in [0.5, 0.6) is 0 Å². The lowest BCUT2D eigenvalue weighted by molar-refractivity contribution is 0.103. The molecule has 2 nitrogen and oxygen atoms in total. The Morgan fingerprint density at radius 1 is 1.33 bits per heavy atom. The molecular weight excluding hydrogens is 274 g/mol. The monoisotopic (exact) mass is 281 g/mol. The smallest absolute Gasteiger partial charge is 0.195 e. The molecule has 0 bridgehead atoms. The predicted octanol–water partition coefficient (Wildman–Crippen LogP) is 3.32. The van der Waals surface area contributed by atoms with Crippen molar-refractivity contribution in [3.05, 3.63) is 50.6 Å². The van der Waals surface area contributed by atoms with E-state index in [1.165, 1.54) is 11.3 Å². The zero-order valence-corrected chi connectivity index (χ0v) is 10.1. The Hall–Kier alpha value is -1.13. The second-order valence-corrected chi connectivity index (χ2v) is 4.69. The summed E-state index contributed by atoms with van der Waals surface area (Å²) in [6.45, 7) is 0. The molecule has 0 aliphatic heterocycles. The molecule has 0 atom stereocenters. The Kier molecular flexibility index (Phi) is 2.88. The minimum atomic E-state index is -0.00424. The number of ketones is 1. The predicted molar refractivity (Wildman–Crippen MR) is 66.3 cm³/mol. The van der Waals surface area contributed by atoms with E-state index in [0.29, 0.717) is 16.8 Å². The molecule has 0 unspecified atom stereocenters. The summed E-state index contributed by atoms with van der Waals surface area (Å²) in [5.41, 5.74) is 7.54. The van der Waals surface area contributed by atoms with Crippen molar-refractivity contribution in [2.24, 2.45) is 0 Å². The number of thiophene rings is 1. The average molecular weight is 282 g/mol. The van der Waals surface area contributed by atoms with Crippen molar-refractivity contribution in [2.45, 2.75) is 0 Å². The first-order valence-electron chi connectivity index (χ1n) is 4.30. The zero-order chi connectivity index (χ0) is 10.8. The molecule has 0 radical (unpaired) electrons. The highest BCUT2D eigenvalue weighted by Crippen LogP contribution is 2.24. The van der Waals surface area contributed by atoms with Gasteiger partial charge < -0.3 is 5.73 Å². The molecule has 1 heterocycles. The molecule has 4 heteroatoms. The number of hydrogen-bond acceptors (Lipinski definition) is 3. The van der Waals surface area contributed by atoms with Crippen molar-refractivity contribution in [2.75, 3.05) is 5.73 Å². The highest BCUT2D eigenvalue weighted by atomic mass is 79.9. The van der Waals surface area contributed by atoms with Crippen molar-refractivity contribution in [3.63, 3.8) is 0 Å². The van der Waals surface area contributed by atoms with Crippen LogP contribution in [0.4, 0.5) is 5.69 Å². The van der Waals surface area contributed by atoms with Gasteiger partial charge in [-0.1, -0.05) is 12.1 Å². The van der Waals surface area contributed by atoms with Gasteiger partial charge in [0.05, 0.1) is 0 Å². The van der Waals surface area contributed by atoms with E-state index < -0.39 is 0 Å². The van der Waals surface area contributed by atoms with Gasteiger partial charge >= 0.3 is 0 Å². The molecule has 0 saturated carbocycles. The standard InChI is InChI=1S/C11H8BrNOS/c12-10-6-15-5-9(10)11(14)7-2-1-3-8(13)4-7/h1-6H,13H2. The fourth-order valence-electron chi connectivity index (χ4n) is 1.28. The molecule has 1 aromatic carbocycles. The molecule has 0 amide bonds. The number of rotatable bonds is 2. The van der Waals surface area contributed by atoms with Gasteiger partial charge in [-0.25, -0.2) is 0 Å². The molecule has 15 heavy (non-hydrogen) atoms. The molecule has 0 fully saturated rings. The molecular formula is C11H8BrNOS. The second-order valence-electron chi connectivity index (χ2n) is 3.09. The summed E-state index contributed by atoms with van der Waals surface area (Å²) in [6, 6.07) is 7.00. The normalized spacial score (nSPS) is 10.2. The van der Waals surface area contributed by atoms with E-state index in [9.17, 15) is 4.79 Å². The first-order valence-corrected chi connectivity index (χ1v) is 6.04. The molecule has 2 aromatic rings. The van der Waals surface area contributed by atoms with Crippen molar-refractivity contribution < 1.29 is 4.79 Å². The summed E-state index contributed by atoms with van der Waals surface area (Å²) in [7, 11) is 0. The van der Waals surface area contributed by atoms with E-state index in [0.717, 1.165) is 4.47 Å². The summed E-state index contributed by atoms with van der Waals surface area (Å²) in [6.07, 6.45) is 0. The van der Waals surface area contributed by atoms with Gasteiger partial charge in [0.25, 0.3) is 0 Å². The molecule has 76 valence electrons. The van der Waals surface area contributed by atoms with E-state index in [1.807, 2.05) is 10.8 Å². The van der Waals surface area contributed by atoms with Crippen LogP contribution in [0.2, 0.25) is 0 Å². The van der Waals surface area contributed by atoms with Crippen molar-refractivity contribution in [1.29, 1.82) is 0 Å². The van der Waals surface area contributed by atoms with Crippen molar-refractivity contribution >= 4 is 38.7 Å². The van der Waals surface area contributed by atoms with E-state index in [2.05, 4.69) is 15.9 Å². The van der Waals surface area contributed by atoms with Crippen LogP contribution in [0.3, 0.4) is 0 Å². The number of anilines is 1. The Morgan fingerprint density at radius 2 is 2.13 bits per heavy atom. The van der Waals surface area contributed by atoms with Crippen molar-refractivity contribution in [3.8, 4) is 0 Å². The Bertz CT molecular complexity index is 507. The van der Waals surface area contributed by atoms with Crippen LogP contribution in [0, 0.1) is 0 Å². The van der Waals surface area contributed by atoms with E-state index in [4.69, 9.17) is 5.73 Å². The van der Waals surface area contributed by atoms with Crippen LogP contribution in [-0.2, 0) is 0 Å². The molecule has 1 aromatic heterocycles. The number of carbonyl (C=O) groups is 1. The Balaban J connectivity index is 2.41. The van der Waals surface area contributed by atoms with E-state index >= 15 is 0 Å². The highest BCUT2D eigenvalue weighted by molar-refractivity contribution is 9.10. The molecule has 0 spiro atoms. The lowest BCUT2D eigenvalue weighted by Gasteiger charge is -2.00. The maximum atomic E-state index is 12.0. The zero-order valence-electron chi connectivity index (χ0n) is 7.74.